The molecule has 1 aromatic carbocycles. The molecule has 0 unspecified atom stereocenters. The van der Waals surface area contributed by atoms with Gasteiger partial charge in [0.15, 0.2) is 10.7 Å². The Labute approximate surface area is 95.6 Å². The fourth-order valence-corrected chi connectivity index (χ4v) is 2.31. The molecule has 0 saturated heterocycles. The molecular weight excluding hydrogens is 348 g/mol. The monoisotopic (exact) mass is 349 g/mol. The van der Waals surface area contributed by atoms with Crippen molar-refractivity contribution in [1.82, 2.24) is 0 Å². The Balaban J connectivity index is 3.70. The highest BCUT2D eigenvalue weighted by molar-refractivity contribution is 9.13. The molecular formula is C6H3Br2F2NO2S. The second kappa shape index (κ2) is 3.84. The number of benzene rings is 1. The predicted molar refractivity (Wildman–Crippen MR) is 53.1 cm³/mol. The van der Waals surface area contributed by atoms with Crippen LogP contribution in [-0.2, 0) is 10.0 Å². The lowest BCUT2D eigenvalue weighted by Gasteiger charge is -2.05. The highest BCUT2D eigenvalue weighted by Crippen LogP contribution is 2.31. The van der Waals surface area contributed by atoms with Gasteiger partial charge in [-0.1, -0.05) is 0 Å². The maximum Gasteiger partial charge on any atom is 0.243 e. The van der Waals surface area contributed by atoms with Crippen LogP contribution in [0, 0.1) is 11.6 Å². The molecule has 0 atom stereocenters. The molecule has 78 valence electrons. The van der Waals surface area contributed by atoms with Crippen LogP contribution in [0.3, 0.4) is 0 Å². The minimum Gasteiger partial charge on any atom is -0.224 e. The third-order valence-electron chi connectivity index (χ3n) is 1.36. The summed E-state index contributed by atoms with van der Waals surface area (Å²) in [4.78, 5) is -1.15. The van der Waals surface area contributed by atoms with Crippen LogP contribution in [0.25, 0.3) is 0 Å². The van der Waals surface area contributed by atoms with E-state index < -0.39 is 26.6 Å². The minimum atomic E-state index is -4.40. The Kier molecular flexibility index (Phi) is 3.30. The van der Waals surface area contributed by atoms with Gasteiger partial charge < -0.3 is 0 Å². The van der Waals surface area contributed by atoms with Crippen LogP contribution in [-0.4, -0.2) is 8.42 Å². The highest BCUT2D eigenvalue weighted by Gasteiger charge is 2.24. The van der Waals surface area contributed by atoms with Crippen LogP contribution in [0.1, 0.15) is 0 Å². The lowest BCUT2D eigenvalue weighted by atomic mass is 10.3. The maximum atomic E-state index is 13.2. The van der Waals surface area contributed by atoms with Gasteiger partial charge in [-0.15, -0.1) is 0 Å². The predicted octanol–water partition coefficient (Wildman–Crippen LogP) is 2.14. The number of halogens is 4. The molecule has 1 rings (SSSR count). The number of rotatable bonds is 1. The van der Waals surface area contributed by atoms with E-state index in [4.69, 9.17) is 0 Å². The first-order chi connectivity index (χ1) is 6.25. The summed E-state index contributed by atoms with van der Waals surface area (Å²) >= 11 is 5.58. The first kappa shape index (κ1) is 12.0. The zero-order chi connectivity index (χ0) is 11.1. The molecule has 0 aliphatic rings. The molecule has 0 aromatic heterocycles. The first-order valence-corrected chi connectivity index (χ1v) is 6.24. The van der Waals surface area contributed by atoms with E-state index in [-0.39, 0.29) is 8.95 Å². The van der Waals surface area contributed by atoms with Crippen molar-refractivity contribution in [2.24, 2.45) is 5.14 Å². The van der Waals surface area contributed by atoms with Crippen LogP contribution in [0.4, 0.5) is 8.78 Å². The van der Waals surface area contributed by atoms with Gasteiger partial charge in [-0.25, -0.2) is 22.3 Å². The number of sulfonamides is 1. The number of hydrogen-bond acceptors (Lipinski definition) is 2. The van der Waals surface area contributed by atoms with Gasteiger partial charge in [0.1, 0.15) is 5.82 Å². The van der Waals surface area contributed by atoms with Crippen LogP contribution in [0.15, 0.2) is 19.9 Å². The fraction of sp³-hybridized carbons (Fsp3) is 0. The van der Waals surface area contributed by atoms with Gasteiger partial charge in [-0.3, -0.25) is 0 Å². The summed E-state index contributed by atoms with van der Waals surface area (Å²) in [6.45, 7) is 0. The molecule has 0 fully saturated rings. The minimum absolute atomic E-state index is 0.0694. The molecule has 14 heavy (non-hydrogen) atoms. The molecule has 2 N–H and O–H groups in total. The van der Waals surface area contributed by atoms with Crippen molar-refractivity contribution >= 4 is 41.9 Å². The van der Waals surface area contributed by atoms with E-state index in [1.54, 1.807) is 0 Å². The number of nitrogens with two attached hydrogens (primary N) is 1. The molecule has 0 amide bonds. The molecule has 0 spiro atoms. The molecule has 0 heterocycles. The maximum absolute atomic E-state index is 13.2. The van der Waals surface area contributed by atoms with Crippen LogP contribution < -0.4 is 5.14 Å². The Morgan fingerprint density at radius 1 is 1.29 bits per heavy atom. The van der Waals surface area contributed by atoms with Crippen LogP contribution >= 0.6 is 31.9 Å². The van der Waals surface area contributed by atoms with Gasteiger partial charge in [0.25, 0.3) is 0 Å². The molecule has 0 bridgehead atoms. The summed E-state index contributed by atoms with van der Waals surface area (Å²) in [5, 5.41) is 4.63. The van der Waals surface area contributed by atoms with Crippen molar-refractivity contribution < 1.29 is 17.2 Å². The topological polar surface area (TPSA) is 60.2 Å². The molecule has 0 aliphatic carbocycles. The lowest BCUT2D eigenvalue weighted by molar-refractivity contribution is 0.515. The SMILES string of the molecule is NS(=O)(=O)c1c(F)cc(Br)c(Br)c1F. The van der Waals surface area contributed by atoms with Crippen molar-refractivity contribution in [3.05, 3.63) is 26.6 Å². The van der Waals surface area contributed by atoms with E-state index >= 15 is 0 Å². The van der Waals surface area contributed by atoms with Crippen molar-refractivity contribution in [3.63, 3.8) is 0 Å². The number of primary sulfonamides is 1. The van der Waals surface area contributed by atoms with Gasteiger partial charge in [0.05, 0.1) is 4.47 Å². The van der Waals surface area contributed by atoms with E-state index in [9.17, 15) is 17.2 Å². The average molecular weight is 351 g/mol. The number of hydrogen-bond donors (Lipinski definition) is 1. The zero-order valence-corrected chi connectivity index (χ0v) is 10.4. The van der Waals surface area contributed by atoms with E-state index in [1.165, 1.54) is 0 Å². The van der Waals surface area contributed by atoms with E-state index in [1.807, 2.05) is 0 Å². The van der Waals surface area contributed by atoms with E-state index in [0.29, 0.717) is 0 Å². The third-order valence-corrected chi connectivity index (χ3v) is 4.23. The quantitative estimate of drug-likeness (QED) is 0.623. The van der Waals surface area contributed by atoms with Gasteiger partial charge in [0, 0.05) is 4.47 Å². The molecule has 0 radical (unpaired) electrons. The van der Waals surface area contributed by atoms with E-state index in [2.05, 4.69) is 37.0 Å². The van der Waals surface area contributed by atoms with Crippen LogP contribution in [0.5, 0.6) is 0 Å². The van der Waals surface area contributed by atoms with Crippen molar-refractivity contribution in [2.75, 3.05) is 0 Å². The standard InChI is InChI=1S/C6H3Br2F2NO2S/c7-2-1-3(9)6(14(11,12)13)5(10)4(2)8/h1H,(H2,11,12,13). The van der Waals surface area contributed by atoms with Gasteiger partial charge >= 0.3 is 0 Å². The fourth-order valence-electron chi connectivity index (χ4n) is 0.810. The van der Waals surface area contributed by atoms with Crippen LogP contribution in [0.2, 0.25) is 0 Å². The van der Waals surface area contributed by atoms with Crippen molar-refractivity contribution in [3.8, 4) is 0 Å². The first-order valence-electron chi connectivity index (χ1n) is 3.11. The van der Waals surface area contributed by atoms with E-state index in [0.717, 1.165) is 6.07 Å². The van der Waals surface area contributed by atoms with Gasteiger partial charge in [-0.2, -0.15) is 0 Å². The Bertz CT molecular complexity index is 489. The average Bonchev–Trinajstić information content (AvgIpc) is 1.97. The molecule has 0 saturated carbocycles. The second-order valence-electron chi connectivity index (χ2n) is 2.34. The van der Waals surface area contributed by atoms with Gasteiger partial charge in [-0.05, 0) is 37.9 Å². The van der Waals surface area contributed by atoms with Crippen molar-refractivity contribution in [1.29, 1.82) is 0 Å². The summed E-state index contributed by atoms with van der Waals surface area (Å²) in [5.74, 6) is -2.49. The summed E-state index contributed by atoms with van der Waals surface area (Å²) in [6.07, 6.45) is 0. The Morgan fingerprint density at radius 2 is 1.79 bits per heavy atom. The zero-order valence-electron chi connectivity index (χ0n) is 6.39. The lowest BCUT2D eigenvalue weighted by Crippen LogP contribution is -2.16. The largest absolute Gasteiger partial charge is 0.243 e. The molecule has 8 heteroatoms. The second-order valence-corrected chi connectivity index (χ2v) is 5.49. The van der Waals surface area contributed by atoms with Gasteiger partial charge in [0.2, 0.25) is 10.0 Å². The molecule has 1 aromatic rings. The summed E-state index contributed by atoms with van der Waals surface area (Å²) in [6, 6.07) is 0.812. The summed E-state index contributed by atoms with van der Waals surface area (Å²) in [7, 11) is -4.40. The molecule has 0 aliphatic heterocycles. The summed E-state index contributed by atoms with van der Waals surface area (Å²) < 4.78 is 47.8. The normalized spacial score (nSPS) is 11.8. The third kappa shape index (κ3) is 2.13. The summed E-state index contributed by atoms with van der Waals surface area (Å²) in [5.41, 5.74) is 0. The van der Waals surface area contributed by atoms with Crippen molar-refractivity contribution in [2.45, 2.75) is 4.90 Å². The highest BCUT2D eigenvalue weighted by atomic mass is 79.9. The Morgan fingerprint density at radius 3 is 2.21 bits per heavy atom. The smallest absolute Gasteiger partial charge is 0.224 e. The Hall–Kier alpha value is -0.0500. The molecule has 3 nitrogen and oxygen atoms in total.